The molecule has 3 rings (SSSR count). The van der Waals surface area contributed by atoms with Crippen molar-refractivity contribution in [3.8, 4) is 0 Å². The molecule has 1 aromatic carbocycles. The highest BCUT2D eigenvalue weighted by molar-refractivity contribution is 9.10. The smallest absolute Gasteiger partial charge is 0.191 e. The molecular formula is C17H18BrN5S. The third-order valence-corrected chi connectivity index (χ3v) is 5.09. The van der Waals surface area contributed by atoms with Crippen molar-refractivity contribution in [2.45, 2.75) is 24.5 Å². The zero-order valence-electron chi connectivity index (χ0n) is 13.2. The van der Waals surface area contributed by atoms with Gasteiger partial charge in [0.15, 0.2) is 26.9 Å². The molecule has 3 aromatic rings. The Morgan fingerprint density at radius 2 is 2.00 bits per heavy atom. The zero-order valence-corrected chi connectivity index (χ0v) is 15.6. The maximum absolute atomic E-state index is 6.04. The summed E-state index contributed by atoms with van der Waals surface area (Å²) in [6, 6.07) is 10.5. The van der Waals surface area contributed by atoms with Gasteiger partial charge in [-0.05, 0) is 34.3 Å². The third-order valence-electron chi connectivity index (χ3n) is 3.55. The van der Waals surface area contributed by atoms with E-state index in [2.05, 4.69) is 61.7 Å². The molecule has 0 fully saturated rings. The number of nitrogens with two attached hydrogens (primary N) is 1. The van der Waals surface area contributed by atoms with E-state index in [1.165, 1.54) is 5.56 Å². The fourth-order valence-electron chi connectivity index (χ4n) is 2.41. The zero-order chi connectivity index (χ0) is 16.9. The summed E-state index contributed by atoms with van der Waals surface area (Å²) in [6.45, 7) is 4.39. The van der Waals surface area contributed by atoms with E-state index < -0.39 is 0 Å². The quantitative estimate of drug-likeness (QED) is 0.211. The summed E-state index contributed by atoms with van der Waals surface area (Å²) in [5.74, 6) is 1.35. The SMILES string of the molecule is C=CCn1c(Br)nc2c(N)nc(SCCCc3ccccc3)nc21. The molecule has 5 nitrogen and oxygen atoms in total. The van der Waals surface area contributed by atoms with Gasteiger partial charge in [0.25, 0.3) is 0 Å². The molecule has 0 aliphatic heterocycles. The molecular weight excluding hydrogens is 386 g/mol. The number of nitrogen functional groups attached to an aromatic ring is 1. The molecule has 0 bridgehead atoms. The first-order valence-corrected chi connectivity index (χ1v) is 9.43. The van der Waals surface area contributed by atoms with Crippen molar-refractivity contribution in [1.82, 2.24) is 19.5 Å². The number of thioether (sulfide) groups is 1. The van der Waals surface area contributed by atoms with E-state index in [-0.39, 0.29) is 0 Å². The monoisotopic (exact) mass is 403 g/mol. The van der Waals surface area contributed by atoms with Crippen molar-refractivity contribution < 1.29 is 0 Å². The molecule has 0 unspecified atom stereocenters. The second-order valence-corrected chi connectivity index (χ2v) is 7.05. The van der Waals surface area contributed by atoms with Gasteiger partial charge in [-0.2, -0.15) is 0 Å². The van der Waals surface area contributed by atoms with Crippen LogP contribution in [0.5, 0.6) is 0 Å². The number of rotatable bonds is 7. The van der Waals surface area contributed by atoms with Crippen molar-refractivity contribution in [3.05, 3.63) is 53.3 Å². The van der Waals surface area contributed by atoms with Gasteiger partial charge in [0, 0.05) is 12.3 Å². The number of aryl methyl sites for hydroxylation is 1. The van der Waals surface area contributed by atoms with Crippen molar-refractivity contribution >= 4 is 44.7 Å². The summed E-state index contributed by atoms with van der Waals surface area (Å²) in [6.07, 6.45) is 3.91. The van der Waals surface area contributed by atoms with Crippen molar-refractivity contribution in [3.63, 3.8) is 0 Å². The van der Waals surface area contributed by atoms with Gasteiger partial charge in [0.2, 0.25) is 0 Å². The Balaban J connectivity index is 1.70. The number of aromatic nitrogens is 4. The minimum atomic E-state index is 0.411. The van der Waals surface area contributed by atoms with E-state index in [1.807, 2.05) is 10.6 Å². The van der Waals surface area contributed by atoms with Crippen LogP contribution in [0.1, 0.15) is 12.0 Å². The van der Waals surface area contributed by atoms with Crippen LogP contribution in [-0.4, -0.2) is 25.3 Å². The Hall–Kier alpha value is -1.86. The standard InChI is InChI=1S/C17H18BrN5S/c1-2-10-23-15-13(20-16(23)18)14(19)21-17(22-15)24-11-6-9-12-7-4-3-5-8-12/h2-5,7-8H,1,6,9-11H2,(H2,19,21,22). The lowest BCUT2D eigenvalue weighted by Crippen LogP contribution is -2.01. The summed E-state index contributed by atoms with van der Waals surface area (Å²) in [5.41, 5.74) is 8.75. The van der Waals surface area contributed by atoms with Gasteiger partial charge < -0.3 is 5.73 Å². The highest BCUT2D eigenvalue weighted by Gasteiger charge is 2.14. The topological polar surface area (TPSA) is 69.6 Å². The van der Waals surface area contributed by atoms with Gasteiger partial charge in [0.05, 0.1) is 0 Å². The van der Waals surface area contributed by atoms with E-state index in [9.17, 15) is 0 Å². The molecule has 7 heteroatoms. The molecule has 0 aliphatic rings. The largest absolute Gasteiger partial charge is 0.382 e. The van der Waals surface area contributed by atoms with Crippen molar-refractivity contribution in [1.29, 1.82) is 0 Å². The molecule has 0 spiro atoms. The molecule has 0 atom stereocenters. The molecule has 0 amide bonds. The van der Waals surface area contributed by atoms with E-state index in [0.29, 0.717) is 27.8 Å². The molecule has 2 N–H and O–H groups in total. The summed E-state index contributed by atoms with van der Waals surface area (Å²) in [4.78, 5) is 13.4. The maximum Gasteiger partial charge on any atom is 0.191 e. The minimum Gasteiger partial charge on any atom is -0.382 e. The maximum atomic E-state index is 6.04. The first-order chi connectivity index (χ1) is 11.7. The number of anilines is 1. The first-order valence-electron chi connectivity index (χ1n) is 7.66. The molecule has 124 valence electrons. The van der Waals surface area contributed by atoms with Crippen LogP contribution in [0.15, 0.2) is 52.9 Å². The van der Waals surface area contributed by atoms with Crippen LogP contribution in [0.3, 0.4) is 0 Å². The Bertz CT molecular complexity index is 847. The first kappa shape index (κ1) is 17.0. The molecule has 2 heterocycles. The van der Waals surface area contributed by atoms with Gasteiger partial charge >= 0.3 is 0 Å². The number of allylic oxidation sites excluding steroid dienone is 1. The molecule has 0 radical (unpaired) electrons. The molecule has 0 saturated heterocycles. The Morgan fingerprint density at radius 1 is 1.21 bits per heavy atom. The van der Waals surface area contributed by atoms with Crippen LogP contribution >= 0.6 is 27.7 Å². The number of hydrogen-bond acceptors (Lipinski definition) is 5. The normalized spacial score (nSPS) is 11.0. The van der Waals surface area contributed by atoms with Crippen LogP contribution < -0.4 is 5.73 Å². The van der Waals surface area contributed by atoms with Crippen molar-refractivity contribution in [2.75, 3.05) is 11.5 Å². The second-order valence-electron chi connectivity index (χ2n) is 5.28. The summed E-state index contributed by atoms with van der Waals surface area (Å²) in [7, 11) is 0. The number of fused-ring (bicyclic) bond motifs is 1. The second kappa shape index (κ2) is 7.81. The lowest BCUT2D eigenvalue weighted by atomic mass is 10.1. The average Bonchev–Trinajstić information content (AvgIpc) is 2.90. The van der Waals surface area contributed by atoms with Gasteiger partial charge in [-0.3, -0.25) is 4.57 Å². The fraction of sp³-hybridized carbons (Fsp3) is 0.235. The number of hydrogen-bond donors (Lipinski definition) is 1. The van der Waals surface area contributed by atoms with E-state index in [1.54, 1.807) is 17.8 Å². The number of benzene rings is 1. The van der Waals surface area contributed by atoms with Crippen LogP contribution in [0.25, 0.3) is 11.2 Å². The number of nitrogens with zero attached hydrogens (tertiary/aromatic N) is 4. The van der Waals surface area contributed by atoms with E-state index in [0.717, 1.165) is 24.2 Å². The summed E-state index contributed by atoms with van der Waals surface area (Å²) in [5, 5.41) is 0.686. The van der Waals surface area contributed by atoms with Gasteiger partial charge in [-0.15, -0.1) is 6.58 Å². The Kier molecular flexibility index (Phi) is 5.52. The van der Waals surface area contributed by atoms with Crippen LogP contribution in [0.2, 0.25) is 0 Å². The number of halogens is 1. The average molecular weight is 404 g/mol. The predicted octanol–water partition coefficient (Wildman–Crippen LogP) is 4.08. The van der Waals surface area contributed by atoms with Gasteiger partial charge in [0.1, 0.15) is 0 Å². The fourth-order valence-corrected chi connectivity index (χ4v) is 3.69. The van der Waals surface area contributed by atoms with Crippen molar-refractivity contribution in [2.24, 2.45) is 0 Å². The van der Waals surface area contributed by atoms with Crippen LogP contribution in [0, 0.1) is 0 Å². The third kappa shape index (κ3) is 3.79. The summed E-state index contributed by atoms with van der Waals surface area (Å²) < 4.78 is 2.61. The lowest BCUT2D eigenvalue weighted by Gasteiger charge is -2.05. The molecule has 0 aliphatic carbocycles. The highest BCUT2D eigenvalue weighted by Crippen LogP contribution is 2.26. The lowest BCUT2D eigenvalue weighted by molar-refractivity contribution is 0.804. The van der Waals surface area contributed by atoms with Crippen LogP contribution in [-0.2, 0) is 13.0 Å². The predicted molar refractivity (Wildman–Crippen MR) is 103 cm³/mol. The van der Waals surface area contributed by atoms with Crippen LogP contribution in [0.4, 0.5) is 5.82 Å². The minimum absolute atomic E-state index is 0.411. The van der Waals surface area contributed by atoms with Gasteiger partial charge in [-0.1, -0.05) is 48.2 Å². The molecule has 2 aromatic heterocycles. The molecule has 0 saturated carbocycles. The Morgan fingerprint density at radius 3 is 2.75 bits per heavy atom. The van der Waals surface area contributed by atoms with E-state index in [4.69, 9.17) is 5.73 Å². The summed E-state index contributed by atoms with van der Waals surface area (Å²) >= 11 is 5.05. The van der Waals surface area contributed by atoms with Gasteiger partial charge in [-0.25, -0.2) is 15.0 Å². The Labute approximate surface area is 153 Å². The number of imidazole rings is 1. The molecule has 24 heavy (non-hydrogen) atoms. The highest BCUT2D eigenvalue weighted by atomic mass is 79.9. The van der Waals surface area contributed by atoms with E-state index >= 15 is 0 Å².